The summed E-state index contributed by atoms with van der Waals surface area (Å²) in [5.41, 5.74) is 0.865. The van der Waals surface area contributed by atoms with Gasteiger partial charge in [-0.15, -0.1) is 0 Å². The summed E-state index contributed by atoms with van der Waals surface area (Å²) in [7, 11) is 0. The van der Waals surface area contributed by atoms with E-state index in [4.69, 9.17) is 4.74 Å². The Morgan fingerprint density at radius 3 is 2.62 bits per heavy atom. The van der Waals surface area contributed by atoms with Crippen molar-refractivity contribution in [2.45, 2.75) is 13.0 Å². The van der Waals surface area contributed by atoms with Crippen molar-refractivity contribution in [1.82, 2.24) is 5.32 Å². The summed E-state index contributed by atoms with van der Waals surface area (Å²) in [5, 5.41) is 14.5. The zero-order chi connectivity index (χ0) is 17.5. The van der Waals surface area contributed by atoms with Crippen molar-refractivity contribution in [3.8, 4) is 5.75 Å². The van der Waals surface area contributed by atoms with Crippen LogP contribution >= 0.6 is 0 Å². The molecule has 2 aromatic carbocycles. The molecule has 0 aromatic heterocycles. The molecule has 2 amide bonds. The van der Waals surface area contributed by atoms with E-state index in [-0.39, 0.29) is 24.7 Å². The van der Waals surface area contributed by atoms with E-state index in [2.05, 4.69) is 10.6 Å². The van der Waals surface area contributed by atoms with Gasteiger partial charge in [0.1, 0.15) is 30.1 Å². The Bertz CT molecular complexity index is 693. The van der Waals surface area contributed by atoms with E-state index >= 15 is 0 Å². The molecule has 3 N–H and O–H groups in total. The number of halogens is 2. The van der Waals surface area contributed by atoms with Crippen LogP contribution < -0.4 is 15.4 Å². The number of urea groups is 1. The van der Waals surface area contributed by atoms with Gasteiger partial charge in [-0.3, -0.25) is 0 Å². The van der Waals surface area contributed by atoms with Crippen molar-refractivity contribution >= 4 is 11.7 Å². The number of ether oxygens (including phenoxy) is 1. The van der Waals surface area contributed by atoms with Crippen molar-refractivity contribution in [3.63, 3.8) is 0 Å². The molecule has 7 heteroatoms. The number of aliphatic hydroxyl groups is 1. The zero-order valence-electron chi connectivity index (χ0n) is 13.1. The molecule has 0 spiro atoms. The van der Waals surface area contributed by atoms with E-state index in [0.717, 1.165) is 5.56 Å². The van der Waals surface area contributed by atoms with E-state index in [1.54, 1.807) is 13.0 Å². The fourth-order valence-electron chi connectivity index (χ4n) is 1.89. The van der Waals surface area contributed by atoms with Crippen LogP contribution in [-0.4, -0.2) is 30.4 Å². The molecule has 0 fully saturated rings. The number of hydrogen-bond donors (Lipinski definition) is 3. The predicted octanol–water partition coefficient (Wildman–Crippen LogP) is 2.83. The van der Waals surface area contributed by atoms with E-state index < -0.39 is 18.0 Å². The Morgan fingerprint density at radius 1 is 1.21 bits per heavy atom. The third-order valence-corrected chi connectivity index (χ3v) is 3.12. The zero-order valence-corrected chi connectivity index (χ0v) is 13.1. The van der Waals surface area contributed by atoms with Crippen LogP contribution in [0.1, 0.15) is 5.56 Å². The molecular weight excluding hydrogens is 318 g/mol. The molecule has 0 aliphatic heterocycles. The first-order valence-electron chi connectivity index (χ1n) is 7.31. The van der Waals surface area contributed by atoms with Crippen LogP contribution in [0, 0.1) is 18.6 Å². The SMILES string of the molecule is Cc1ccc(F)c(NC(=O)NCC(O)COc2ccc(F)cc2)c1. The van der Waals surface area contributed by atoms with Gasteiger partial charge >= 0.3 is 6.03 Å². The van der Waals surface area contributed by atoms with Gasteiger partial charge in [0.25, 0.3) is 0 Å². The third kappa shape index (κ3) is 5.51. The molecule has 24 heavy (non-hydrogen) atoms. The third-order valence-electron chi connectivity index (χ3n) is 3.12. The summed E-state index contributed by atoms with van der Waals surface area (Å²) in [6.45, 7) is 1.62. The minimum absolute atomic E-state index is 0.0598. The molecule has 0 aliphatic rings. The number of benzene rings is 2. The number of nitrogens with one attached hydrogen (secondary N) is 2. The second-order valence-electron chi connectivity index (χ2n) is 5.24. The number of aryl methyl sites for hydroxylation is 1. The normalized spacial score (nSPS) is 11.7. The predicted molar refractivity (Wildman–Crippen MR) is 86.1 cm³/mol. The van der Waals surface area contributed by atoms with Crippen LogP contribution in [0.5, 0.6) is 5.75 Å². The van der Waals surface area contributed by atoms with Crippen LogP contribution in [0.3, 0.4) is 0 Å². The number of anilines is 1. The largest absolute Gasteiger partial charge is 0.491 e. The highest BCUT2D eigenvalue weighted by Crippen LogP contribution is 2.15. The highest BCUT2D eigenvalue weighted by atomic mass is 19.1. The first-order chi connectivity index (χ1) is 11.4. The van der Waals surface area contributed by atoms with Gasteiger partial charge in [-0.2, -0.15) is 0 Å². The average molecular weight is 336 g/mol. The number of carbonyl (C=O) groups is 1. The van der Waals surface area contributed by atoms with Gasteiger partial charge in [0.15, 0.2) is 0 Å². The molecule has 0 bridgehead atoms. The van der Waals surface area contributed by atoms with Gasteiger partial charge in [0.2, 0.25) is 0 Å². The van der Waals surface area contributed by atoms with E-state index in [0.29, 0.717) is 5.75 Å². The molecule has 0 radical (unpaired) electrons. The Balaban J connectivity index is 1.74. The minimum Gasteiger partial charge on any atom is -0.491 e. The maximum absolute atomic E-state index is 13.5. The Hall–Kier alpha value is -2.67. The number of carbonyl (C=O) groups excluding carboxylic acids is 1. The first-order valence-corrected chi connectivity index (χ1v) is 7.31. The van der Waals surface area contributed by atoms with Crippen LogP contribution in [-0.2, 0) is 0 Å². The quantitative estimate of drug-likeness (QED) is 0.760. The van der Waals surface area contributed by atoms with Crippen molar-refractivity contribution in [1.29, 1.82) is 0 Å². The van der Waals surface area contributed by atoms with Gasteiger partial charge < -0.3 is 20.5 Å². The number of hydrogen-bond acceptors (Lipinski definition) is 3. The first kappa shape index (κ1) is 17.7. The Morgan fingerprint density at radius 2 is 1.92 bits per heavy atom. The van der Waals surface area contributed by atoms with Crippen molar-refractivity contribution < 1.29 is 23.4 Å². The number of rotatable bonds is 6. The fraction of sp³-hybridized carbons (Fsp3) is 0.235. The van der Waals surface area contributed by atoms with E-state index in [1.165, 1.54) is 36.4 Å². The van der Waals surface area contributed by atoms with Crippen molar-refractivity contribution in [3.05, 3.63) is 59.7 Å². The average Bonchev–Trinajstić information content (AvgIpc) is 2.56. The molecule has 0 saturated carbocycles. The molecule has 0 aliphatic carbocycles. The summed E-state index contributed by atoms with van der Waals surface area (Å²) < 4.78 is 31.5. The van der Waals surface area contributed by atoms with Gasteiger partial charge in [0, 0.05) is 6.54 Å². The second kappa shape index (κ2) is 8.26. The Labute approximate surface area is 138 Å². The smallest absolute Gasteiger partial charge is 0.319 e. The lowest BCUT2D eigenvalue weighted by Crippen LogP contribution is -2.37. The lowest BCUT2D eigenvalue weighted by Gasteiger charge is -2.14. The molecule has 0 heterocycles. The second-order valence-corrected chi connectivity index (χ2v) is 5.24. The van der Waals surface area contributed by atoms with Crippen LogP contribution in [0.2, 0.25) is 0 Å². The summed E-state index contributed by atoms with van der Waals surface area (Å²) in [6.07, 6.45) is -0.969. The van der Waals surface area contributed by atoms with Gasteiger partial charge in [-0.05, 0) is 48.9 Å². The van der Waals surface area contributed by atoms with Crippen molar-refractivity contribution in [2.75, 3.05) is 18.5 Å². The summed E-state index contributed by atoms with van der Waals surface area (Å²) in [6, 6.07) is 9.06. The van der Waals surface area contributed by atoms with Crippen LogP contribution in [0.4, 0.5) is 19.3 Å². The molecule has 1 atom stereocenters. The maximum atomic E-state index is 13.5. The molecule has 0 saturated heterocycles. The standard InChI is InChI=1S/C17H18F2N2O3/c1-11-2-7-15(19)16(8-11)21-17(23)20-9-13(22)10-24-14-5-3-12(18)4-6-14/h2-8,13,22H,9-10H2,1H3,(H2,20,21,23). The molecule has 2 rings (SSSR count). The maximum Gasteiger partial charge on any atom is 0.319 e. The van der Waals surface area contributed by atoms with Gasteiger partial charge in [-0.25, -0.2) is 13.6 Å². The topological polar surface area (TPSA) is 70.6 Å². The van der Waals surface area contributed by atoms with E-state index in [9.17, 15) is 18.7 Å². The molecule has 5 nitrogen and oxygen atoms in total. The highest BCUT2D eigenvalue weighted by molar-refractivity contribution is 5.89. The molecule has 2 aromatic rings. The highest BCUT2D eigenvalue weighted by Gasteiger charge is 2.10. The van der Waals surface area contributed by atoms with Crippen LogP contribution in [0.25, 0.3) is 0 Å². The summed E-state index contributed by atoms with van der Waals surface area (Å²) >= 11 is 0. The monoisotopic (exact) mass is 336 g/mol. The number of aliphatic hydroxyl groups excluding tert-OH is 1. The lowest BCUT2D eigenvalue weighted by atomic mass is 10.2. The van der Waals surface area contributed by atoms with Crippen molar-refractivity contribution in [2.24, 2.45) is 0 Å². The summed E-state index contributed by atoms with van der Waals surface area (Å²) in [4.78, 5) is 11.7. The Kier molecular flexibility index (Phi) is 6.08. The molecular formula is C17H18F2N2O3. The van der Waals surface area contributed by atoms with Crippen LogP contribution in [0.15, 0.2) is 42.5 Å². The summed E-state index contributed by atoms with van der Waals surface area (Å²) in [5.74, 6) is -0.526. The molecule has 1 unspecified atom stereocenters. The van der Waals surface area contributed by atoms with Gasteiger partial charge in [0.05, 0.1) is 5.69 Å². The number of amides is 2. The fourth-order valence-corrected chi connectivity index (χ4v) is 1.89. The van der Waals surface area contributed by atoms with Gasteiger partial charge in [-0.1, -0.05) is 6.07 Å². The molecule has 128 valence electrons. The van der Waals surface area contributed by atoms with E-state index in [1.807, 2.05) is 0 Å². The lowest BCUT2D eigenvalue weighted by molar-refractivity contribution is 0.108. The minimum atomic E-state index is -0.969.